The molecule has 2 aromatic rings. The normalized spacial score (nSPS) is 11.8. The van der Waals surface area contributed by atoms with Crippen LogP contribution in [0.4, 0.5) is 0 Å². The second kappa shape index (κ2) is 7.88. The molecule has 0 saturated carbocycles. The number of rotatable bonds is 6. The summed E-state index contributed by atoms with van der Waals surface area (Å²) in [7, 11) is 3.14. The van der Waals surface area contributed by atoms with E-state index in [-0.39, 0.29) is 5.91 Å². The number of carbonyl (C=O) groups excluding carboxylic acids is 1. The van der Waals surface area contributed by atoms with Crippen LogP contribution in [0.15, 0.2) is 36.4 Å². The van der Waals surface area contributed by atoms with Crippen molar-refractivity contribution in [1.82, 2.24) is 5.32 Å². The molecule has 1 unspecified atom stereocenters. The summed E-state index contributed by atoms with van der Waals surface area (Å²) in [6.45, 7) is 8.25. The van der Waals surface area contributed by atoms with E-state index in [1.807, 2.05) is 50.2 Å². The lowest BCUT2D eigenvalue weighted by atomic mass is 9.96. The lowest BCUT2D eigenvalue weighted by molar-refractivity contribution is -0.131. The first kappa shape index (κ1) is 17.9. The van der Waals surface area contributed by atoms with E-state index >= 15 is 0 Å². The van der Waals surface area contributed by atoms with Crippen molar-refractivity contribution >= 4 is 5.91 Å². The molecular formula is C20H24NO3+. The quantitative estimate of drug-likeness (QED) is 0.827. The summed E-state index contributed by atoms with van der Waals surface area (Å²) in [4.78, 5) is 12.1. The second-order valence-corrected chi connectivity index (χ2v) is 5.77. The Kier molecular flexibility index (Phi) is 5.88. The summed E-state index contributed by atoms with van der Waals surface area (Å²) in [6, 6.07) is 11.7. The molecule has 0 saturated heterocycles. The highest BCUT2D eigenvalue weighted by atomic mass is 16.5. The Balaban J connectivity index is 2.32. The van der Waals surface area contributed by atoms with Gasteiger partial charge in [-0.2, -0.15) is 0 Å². The molecule has 0 aromatic heterocycles. The van der Waals surface area contributed by atoms with E-state index in [4.69, 9.17) is 9.47 Å². The summed E-state index contributed by atoms with van der Waals surface area (Å²) in [5.74, 6) is 0.618. The van der Waals surface area contributed by atoms with Crippen LogP contribution >= 0.6 is 0 Å². The SMILES string of the molecule is [CH2+]c1ccc(C)c(OCc2cccc(C)c2C(OC)C(=O)NC)c1. The van der Waals surface area contributed by atoms with Gasteiger partial charge in [0.1, 0.15) is 12.2 Å². The van der Waals surface area contributed by atoms with Gasteiger partial charge in [-0.15, -0.1) is 0 Å². The van der Waals surface area contributed by atoms with E-state index < -0.39 is 6.10 Å². The smallest absolute Gasteiger partial charge is 0.253 e. The van der Waals surface area contributed by atoms with Crippen LogP contribution in [0.25, 0.3) is 0 Å². The van der Waals surface area contributed by atoms with Gasteiger partial charge in [0.2, 0.25) is 0 Å². The third kappa shape index (κ3) is 3.89. The van der Waals surface area contributed by atoms with Crippen LogP contribution in [-0.4, -0.2) is 20.1 Å². The highest BCUT2D eigenvalue weighted by Crippen LogP contribution is 2.27. The van der Waals surface area contributed by atoms with Crippen molar-refractivity contribution in [3.05, 3.63) is 71.1 Å². The molecule has 1 atom stereocenters. The minimum absolute atomic E-state index is 0.177. The maximum Gasteiger partial charge on any atom is 0.253 e. The van der Waals surface area contributed by atoms with Crippen molar-refractivity contribution < 1.29 is 14.3 Å². The van der Waals surface area contributed by atoms with Crippen molar-refractivity contribution in [3.8, 4) is 5.75 Å². The van der Waals surface area contributed by atoms with Crippen molar-refractivity contribution in [3.63, 3.8) is 0 Å². The third-order valence-electron chi connectivity index (χ3n) is 4.03. The molecule has 4 nitrogen and oxygen atoms in total. The first-order valence-electron chi connectivity index (χ1n) is 7.86. The van der Waals surface area contributed by atoms with Gasteiger partial charge in [-0.05, 0) is 30.5 Å². The van der Waals surface area contributed by atoms with Gasteiger partial charge in [-0.25, -0.2) is 0 Å². The Labute approximate surface area is 143 Å². The molecular weight excluding hydrogens is 302 g/mol. The van der Waals surface area contributed by atoms with Gasteiger partial charge in [-0.1, -0.05) is 18.2 Å². The molecule has 0 aliphatic carbocycles. The number of hydrogen-bond acceptors (Lipinski definition) is 3. The minimum Gasteiger partial charge on any atom is -0.477 e. The van der Waals surface area contributed by atoms with E-state index in [0.29, 0.717) is 6.61 Å². The second-order valence-electron chi connectivity index (χ2n) is 5.77. The van der Waals surface area contributed by atoms with Gasteiger partial charge in [-0.3, -0.25) is 4.79 Å². The fourth-order valence-corrected chi connectivity index (χ4v) is 2.69. The average Bonchev–Trinajstić information content (AvgIpc) is 2.57. The molecule has 2 rings (SSSR count). The number of amides is 1. The van der Waals surface area contributed by atoms with Crippen LogP contribution in [0.1, 0.15) is 33.9 Å². The maximum absolute atomic E-state index is 12.1. The highest BCUT2D eigenvalue weighted by Gasteiger charge is 2.24. The zero-order chi connectivity index (χ0) is 17.7. The molecule has 0 heterocycles. The fourth-order valence-electron chi connectivity index (χ4n) is 2.69. The number of aryl methyl sites for hydroxylation is 2. The van der Waals surface area contributed by atoms with Crippen LogP contribution < -0.4 is 10.1 Å². The van der Waals surface area contributed by atoms with Gasteiger partial charge >= 0.3 is 0 Å². The predicted octanol–water partition coefficient (Wildman–Crippen LogP) is 3.50. The van der Waals surface area contributed by atoms with Crippen molar-refractivity contribution in [1.29, 1.82) is 0 Å². The molecule has 126 valence electrons. The van der Waals surface area contributed by atoms with Gasteiger partial charge in [0.15, 0.2) is 11.9 Å². The van der Waals surface area contributed by atoms with Gasteiger partial charge < -0.3 is 14.8 Å². The van der Waals surface area contributed by atoms with Crippen molar-refractivity contribution in [2.45, 2.75) is 26.6 Å². The summed E-state index contributed by atoms with van der Waals surface area (Å²) in [5.41, 5.74) is 4.72. The lowest BCUT2D eigenvalue weighted by Crippen LogP contribution is -2.28. The van der Waals surface area contributed by atoms with E-state index in [0.717, 1.165) is 33.6 Å². The van der Waals surface area contributed by atoms with Crippen LogP contribution in [0.5, 0.6) is 5.75 Å². The first-order valence-corrected chi connectivity index (χ1v) is 7.86. The molecule has 1 amide bonds. The van der Waals surface area contributed by atoms with Crippen LogP contribution in [0, 0.1) is 20.8 Å². The van der Waals surface area contributed by atoms with Crippen LogP contribution in [0.3, 0.4) is 0 Å². The van der Waals surface area contributed by atoms with Gasteiger partial charge in [0, 0.05) is 38.8 Å². The Morgan fingerprint density at radius 1 is 1.21 bits per heavy atom. The van der Waals surface area contributed by atoms with E-state index in [1.54, 1.807) is 7.05 Å². The van der Waals surface area contributed by atoms with Crippen molar-refractivity contribution in [2.75, 3.05) is 14.2 Å². The average molecular weight is 326 g/mol. The summed E-state index contributed by atoms with van der Waals surface area (Å²) in [6.07, 6.45) is -0.657. The van der Waals surface area contributed by atoms with E-state index in [1.165, 1.54) is 7.11 Å². The summed E-state index contributed by atoms with van der Waals surface area (Å²) >= 11 is 0. The number of ether oxygens (including phenoxy) is 2. The molecule has 0 radical (unpaired) electrons. The molecule has 0 bridgehead atoms. The summed E-state index contributed by atoms with van der Waals surface area (Å²) in [5, 5.41) is 2.65. The number of likely N-dealkylation sites (N-methyl/N-ethyl adjacent to an activating group) is 1. The Hall–Kier alpha value is -2.46. The first-order chi connectivity index (χ1) is 11.5. The largest absolute Gasteiger partial charge is 0.477 e. The number of methoxy groups -OCH3 is 1. The monoisotopic (exact) mass is 326 g/mol. The number of carbonyl (C=O) groups is 1. The standard InChI is InChI=1S/C20H23NO3/c1-13-9-10-14(2)17(11-13)24-12-16-8-6-7-15(3)18(16)19(23-5)20(22)21-4/h6-11,19H,1,12H2,2-5H3/p+1. The van der Waals surface area contributed by atoms with Crippen molar-refractivity contribution in [2.24, 2.45) is 0 Å². The molecule has 0 fully saturated rings. The predicted molar refractivity (Wildman–Crippen MR) is 95.0 cm³/mol. The molecule has 2 aromatic carbocycles. The Bertz CT molecular complexity index is 725. The number of nitrogens with one attached hydrogen (secondary N) is 1. The van der Waals surface area contributed by atoms with Crippen LogP contribution in [-0.2, 0) is 16.1 Å². The van der Waals surface area contributed by atoms with Crippen LogP contribution in [0.2, 0.25) is 0 Å². The zero-order valence-corrected chi connectivity index (χ0v) is 14.7. The molecule has 4 heteroatoms. The fraction of sp³-hybridized carbons (Fsp3) is 0.300. The molecule has 0 spiro atoms. The van der Waals surface area contributed by atoms with Gasteiger partial charge in [0.05, 0.1) is 6.07 Å². The topological polar surface area (TPSA) is 47.6 Å². The molecule has 1 N–H and O–H groups in total. The maximum atomic E-state index is 12.1. The molecule has 0 aliphatic rings. The highest BCUT2D eigenvalue weighted by molar-refractivity contribution is 5.82. The molecule has 0 aliphatic heterocycles. The number of benzene rings is 2. The lowest BCUT2D eigenvalue weighted by Gasteiger charge is -2.20. The Morgan fingerprint density at radius 3 is 2.62 bits per heavy atom. The van der Waals surface area contributed by atoms with Gasteiger partial charge in [0.25, 0.3) is 5.91 Å². The Morgan fingerprint density at radius 2 is 1.96 bits per heavy atom. The summed E-state index contributed by atoms with van der Waals surface area (Å²) < 4.78 is 11.4. The third-order valence-corrected chi connectivity index (χ3v) is 4.03. The number of hydrogen-bond donors (Lipinski definition) is 1. The van der Waals surface area contributed by atoms with E-state index in [9.17, 15) is 4.79 Å². The minimum atomic E-state index is -0.657. The zero-order valence-electron chi connectivity index (χ0n) is 14.7. The van der Waals surface area contributed by atoms with E-state index in [2.05, 4.69) is 12.2 Å². The molecule has 24 heavy (non-hydrogen) atoms.